The summed E-state index contributed by atoms with van der Waals surface area (Å²) in [5.74, 6) is -0.264. The molecular formula is C22H27N3O3. The third-order valence-corrected chi connectivity index (χ3v) is 4.76. The van der Waals surface area contributed by atoms with Crippen LogP contribution in [0.25, 0.3) is 0 Å². The summed E-state index contributed by atoms with van der Waals surface area (Å²) in [5, 5.41) is 8.92. The molecular weight excluding hydrogens is 354 g/mol. The smallest absolute Gasteiger partial charge is 0.251 e. The molecule has 1 saturated heterocycles. The van der Waals surface area contributed by atoms with Gasteiger partial charge in [-0.3, -0.25) is 9.59 Å². The summed E-state index contributed by atoms with van der Waals surface area (Å²) in [7, 11) is 0. The van der Waals surface area contributed by atoms with Gasteiger partial charge in [0.15, 0.2) is 0 Å². The standard InChI is InChI=1S/C22H27N3O3/c1-16(17-6-3-2-4-7-17)24-22(27)18-9-11-19(12-10-18)25-21(26)15-23-14-20-8-5-13-28-20/h2-4,6-7,9-12,16,20,23H,5,8,13-15H2,1H3,(H,24,27)(H,25,26). The Kier molecular flexibility index (Phi) is 7.17. The zero-order valence-corrected chi connectivity index (χ0v) is 16.1. The Morgan fingerprint density at radius 2 is 1.86 bits per heavy atom. The van der Waals surface area contributed by atoms with E-state index in [0.717, 1.165) is 25.0 Å². The molecule has 2 atom stereocenters. The quantitative estimate of drug-likeness (QED) is 0.657. The largest absolute Gasteiger partial charge is 0.377 e. The number of rotatable bonds is 8. The SMILES string of the molecule is CC(NC(=O)c1ccc(NC(=O)CNCC2CCCO2)cc1)c1ccccc1. The highest BCUT2D eigenvalue weighted by Gasteiger charge is 2.15. The molecule has 2 aromatic carbocycles. The molecule has 0 aliphatic carbocycles. The molecule has 3 rings (SSSR count). The minimum absolute atomic E-state index is 0.0806. The monoisotopic (exact) mass is 381 g/mol. The highest BCUT2D eigenvalue weighted by molar-refractivity contribution is 5.96. The second kappa shape index (κ2) is 10.0. The van der Waals surface area contributed by atoms with Gasteiger partial charge in [0.1, 0.15) is 0 Å². The van der Waals surface area contributed by atoms with Crippen LogP contribution in [0.1, 0.15) is 41.7 Å². The Morgan fingerprint density at radius 1 is 1.11 bits per heavy atom. The first kappa shape index (κ1) is 20.0. The first-order chi connectivity index (χ1) is 13.6. The maximum atomic E-state index is 12.4. The van der Waals surface area contributed by atoms with Crippen molar-refractivity contribution in [2.24, 2.45) is 0 Å². The van der Waals surface area contributed by atoms with Gasteiger partial charge >= 0.3 is 0 Å². The molecule has 0 aromatic heterocycles. The van der Waals surface area contributed by atoms with Crippen molar-refractivity contribution in [3.63, 3.8) is 0 Å². The number of hydrogen-bond acceptors (Lipinski definition) is 4. The number of benzene rings is 2. The Hall–Kier alpha value is -2.70. The van der Waals surface area contributed by atoms with Crippen molar-refractivity contribution in [3.05, 3.63) is 65.7 Å². The van der Waals surface area contributed by atoms with Gasteiger partial charge in [-0.15, -0.1) is 0 Å². The van der Waals surface area contributed by atoms with Crippen LogP contribution < -0.4 is 16.0 Å². The molecule has 2 aromatic rings. The van der Waals surface area contributed by atoms with Gasteiger partial charge in [0, 0.05) is 24.4 Å². The minimum Gasteiger partial charge on any atom is -0.377 e. The van der Waals surface area contributed by atoms with E-state index in [9.17, 15) is 9.59 Å². The fraction of sp³-hybridized carbons (Fsp3) is 0.364. The van der Waals surface area contributed by atoms with E-state index in [2.05, 4.69) is 16.0 Å². The topological polar surface area (TPSA) is 79.5 Å². The summed E-state index contributed by atoms with van der Waals surface area (Å²) in [6.07, 6.45) is 2.34. The molecule has 1 fully saturated rings. The van der Waals surface area contributed by atoms with Crippen molar-refractivity contribution in [2.75, 3.05) is 25.0 Å². The highest BCUT2D eigenvalue weighted by Crippen LogP contribution is 2.14. The zero-order valence-electron chi connectivity index (χ0n) is 16.1. The van der Waals surface area contributed by atoms with Gasteiger partial charge < -0.3 is 20.7 Å². The van der Waals surface area contributed by atoms with Gasteiger partial charge in [-0.05, 0) is 49.6 Å². The molecule has 148 valence electrons. The average Bonchev–Trinajstić information content (AvgIpc) is 3.22. The number of carbonyl (C=O) groups is 2. The molecule has 6 heteroatoms. The van der Waals surface area contributed by atoms with Crippen LogP contribution in [-0.2, 0) is 9.53 Å². The number of amides is 2. The number of carbonyl (C=O) groups excluding carboxylic acids is 2. The Balaban J connectivity index is 1.44. The lowest BCUT2D eigenvalue weighted by Crippen LogP contribution is -2.33. The fourth-order valence-corrected chi connectivity index (χ4v) is 3.17. The zero-order chi connectivity index (χ0) is 19.8. The number of anilines is 1. The van der Waals surface area contributed by atoms with E-state index in [1.54, 1.807) is 24.3 Å². The van der Waals surface area contributed by atoms with Crippen molar-refractivity contribution in [3.8, 4) is 0 Å². The third kappa shape index (κ3) is 5.90. The molecule has 0 bridgehead atoms. The second-order valence-electron chi connectivity index (χ2n) is 7.00. The molecule has 0 saturated carbocycles. The van der Waals surface area contributed by atoms with Gasteiger partial charge in [0.25, 0.3) is 5.91 Å². The predicted octanol–water partition coefficient (Wildman–Crippen LogP) is 2.88. The normalized spacial score (nSPS) is 17.1. The van der Waals surface area contributed by atoms with E-state index in [-0.39, 0.29) is 30.5 Å². The van der Waals surface area contributed by atoms with Gasteiger partial charge in [-0.25, -0.2) is 0 Å². The van der Waals surface area contributed by atoms with Crippen LogP contribution >= 0.6 is 0 Å². The first-order valence-electron chi connectivity index (χ1n) is 9.70. The third-order valence-electron chi connectivity index (χ3n) is 4.76. The lowest BCUT2D eigenvalue weighted by molar-refractivity contribution is -0.115. The van der Waals surface area contributed by atoms with Crippen molar-refractivity contribution in [2.45, 2.75) is 31.9 Å². The van der Waals surface area contributed by atoms with Crippen LogP contribution in [-0.4, -0.2) is 37.6 Å². The number of ether oxygens (including phenoxy) is 1. The summed E-state index contributed by atoms with van der Waals surface area (Å²) in [6, 6.07) is 16.6. The molecule has 28 heavy (non-hydrogen) atoms. The van der Waals surface area contributed by atoms with Crippen LogP contribution in [0.4, 0.5) is 5.69 Å². The molecule has 1 heterocycles. The van der Waals surface area contributed by atoms with Crippen molar-refractivity contribution in [1.29, 1.82) is 0 Å². The Bertz CT molecular complexity index is 771. The Labute approximate surface area is 165 Å². The highest BCUT2D eigenvalue weighted by atomic mass is 16.5. The Morgan fingerprint density at radius 3 is 2.54 bits per heavy atom. The van der Waals surface area contributed by atoms with Crippen molar-refractivity contribution in [1.82, 2.24) is 10.6 Å². The van der Waals surface area contributed by atoms with E-state index in [0.29, 0.717) is 17.8 Å². The predicted molar refractivity (Wildman–Crippen MR) is 109 cm³/mol. The molecule has 1 aliphatic heterocycles. The molecule has 0 spiro atoms. The summed E-state index contributed by atoms with van der Waals surface area (Å²) in [6.45, 7) is 3.68. The van der Waals surface area contributed by atoms with E-state index in [1.807, 2.05) is 37.3 Å². The molecule has 3 N–H and O–H groups in total. The van der Waals surface area contributed by atoms with E-state index in [1.165, 1.54) is 0 Å². The van der Waals surface area contributed by atoms with Crippen LogP contribution in [0.2, 0.25) is 0 Å². The molecule has 2 unspecified atom stereocenters. The maximum absolute atomic E-state index is 12.4. The van der Waals surface area contributed by atoms with Crippen LogP contribution in [0.3, 0.4) is 0 Å². The van der Waals surface area contributed by atoms with Gasteiger partial charge in [0.2, 0.25) is 5.91 Å². The summed E-state index contributed by atoms with van der Waals surface area (Å²) < 4.78 is 5.51. The lowest BCUT2D eigenvalue weighted by atomic mass is 10.1. The van der Waals surface area contributed by atoms with E-state index < -0.39 is 0 Å². The minimum atomic E-state index is -0.146. The van der Waals surface area contributed by atoms with Crippen molar-refractivity contribution < 1.29 is 14.3 Å². The first-order valence-corrected chi connectivity index (χ1v) is 9.70. The molecule has 2 amide bonds. The number of hydrogen-bond donors (Lipinski definition) is 3. The second-order valence-corrected chi connectivity index (χ2v) is 7.00. The van der Waals surface area contributed by atoms with Crippen LogP contribution in [0.5, 0.6) is 0 Å². The van der Waals surface area contributed by atoms with Gasteiger partial charge in [-0.1, -0.05) is 30.3 Å². The molecule has 1 aliphatic rings. The average molecular weight is 381 g/mol. The lowest BCUT2D eigenvalue weighted by Gasteiger charge is -2.14. The van der Waals surface area contributed by atoms with Gasteiger partial charge in [0.05, 0.1) is 18.7 Å². The summed E-state index contributed by atoms with van der Waals surface area (Å²) in [4.78, 5) is 24.4. The fourth-order valence-electron chi connectivity index (χ4n) is 3.17. The van der Waals surface area contributed by atoms with E-state index in [4.69, 9.17) is 4.74 Å². The van der Waals surface area contributed by atoms with Crippen LogP contribution in [0, 0.1) is 0 Å². The molecule has 0 radical (unpaired) electrons. The molecule has 6 nitrogen and oxygen atoms in total. The maximum Gasteiger partial charge on any atom is 0.251 e. The van der Waals surface area contributed by atoms with Gasteiger partial charge in [-0.2, -0.15) is 0 Å². The number of nitrogens with one attached hydrogen (secondary N) is 3. The summed E-state index contributed by atoms with van der Waals surface area (Å²) >= 11 is 0. The van der Waals surface area contributed by atoms with Crippen molar-refractivity contribution >= 4 is 17.5 Å². The van der Waals surface area contributed by atoms with Crippen LogP contribution in [0.15, 0.2) is 54.6 Å². The summed E-state index contributed by atoms with van der Waals surface area (Å²) in [5.41, 5.74) is 2.27. The van der Waals surface area contributed by atoms with E-state index >= 15 is 0 Å².